The second-order valence-corrected chi connectivity index (χ2v) is 5.43. The predicted molar refractivity (Wildman–Crippen MR) is 64.0 cm³/mol. The first-order valence-corrected chi connectivity index (χ1v) is 5.94. The summed E-state index contributed by atoms with van der Waals surface area (Å²) in [7, 11) is 2.08. The van der Waals surface area contributed by atoms with Crippen LogP contribution in [0.5, 0.6) is 0 Å². The van der Waals surface area contributed by atoms with Gasteiger partial charge in [0.15, 0.2) is 0 Å². The normalized spacial score (nSPS) is 30.3. The Kier molecular flexibility index (Phi) is 2.87. The van der Waals surface area contributed by atoms with Crippen molar-refractivity contribution in [1.82, 2.24) is 10.3 Å². The SMILES string of the molecule is CNC1CCC(C)(C)C(c2ccc[nH]2)C1. The van der Waals surface area contributed by atoms with Crippen LogP contribution in [0.15, 0.2) is 18.3 Å². The van der Waals surface area contributed by atoms with Crippen molar-refractivity contribution < 1.29 is 0 Å². The van der Waals surface area contributed by atoms with Gasteiger partial charge in [0.2, 0.25) is 0 Å². The Balaban J connectivity index is 2.19. The highest BCUT2D eigenvalue weighted by Gasteiger charge is 2.37. The second-order valence-electron chi connectivity index (χ2n) is 5.43. The van der Waals surface area contributed by atoms with Gasteiger partial charge in [-0.1, -0.05) is 13.8 Å². The molecule has 1 aromatic rings. The standard InChI is InChI=1S/C13H22N2/c1-13(2)7-6-10(14-3)9-11(13)12-5-4-8-15-12/h4-5,8,10-11,14-15H,6-7,9H2,1-3H3. The smallest absolute Gasteiger partial charge is 0.0184 e. The molecule has 1 fully saturated rings. The Hall–Kier alpha value is -0.760. The Morgan fingerprint density at radius 3 is 2.87 bits per heavy atom. The highest BCUT2D eigenvalue weighted by molar-refractivity contribution is 5.15. The summed E-state index contributed by atoms with van der Waals surface area (Å²) in [5.41, 5.74) is 1.83. The minimum atomic E-state index is 0.429. The lowest BCUT2D eigenvalue weighted by molar-refractivity contribution is 0.169. The van der Waals surface area contributed by atoms with Crippen molar-refractivity contribution >= 4 is 0 Å². The molecule has 1 aliphatic rings. The fraction of sp³-hybridized carbons (Fsp3) is 0.692. The molecular formula is C13H22N2. The summed E-state index contributed by atoms with van der Waals surface area (Å²) in [5.74, 6) is 0.665. The van der Waals surface area contributed by atoms with Gasteiger partial charge in [-0.25, -0.2) is 0 Å². The summed E-state index contributed by atoms with van der Waals surface area (Å²) < 4.78 is 0. The maximum absolute atomic E-state index is 3.42. The minimum absolute atomic E-state index is 0.429. The Labute approximate surface area is 92.5 Å². The fourth-order valence-electron chi connectivity index (χ4n) is 2.81. The van der Waals surface area contributed by atoms with Crippen molar-refractivity contribution in [3.8, 4) is 0 Å². The lowest BCUT2D eigenvalue weighted by atomic mass is 9.66. The molecule has 2 nitrogen and oxygen atoms in total. The van der Waals surface area contributed by atoms with E-state index < -0.39 is 0 Å². The Morgan fingerprint density at radius 1 is 1.47 bits per heavy atom. The number of aromatic amines is 1. The van der Waals surface area contributed by atoms with E-state index in [4.69, 9.17) is 0 Å². The van der Waals surface area contributed by atoms with E-state index in [2.05, 4.69) is 43.3 Å². The van der Waals surface area contributed by atoms with E-state index in [-0.39, 0.29) is 0 Å². The maximum Gasteiger partial charge on any atom is 0.0184 e. The molecule has 1 saturated carbocycles. The van der Waals surface area contributed by atoms with E-state index >= 15 is 0 Å². The quantitative estimate of drug-likeness (QED) is 0.765. The zero-order chi connectivity index (χ0) is 10.9. The van der Waals surface area contributed by atoms with Crippen molar-refractivity contribution in [2.24, 2.45) is 5.41 Å². The number of nitrogens with one attached hydrogen (secondary N) is 2. The van der Waals surface area contributed by atoms with Crippen LogP contribution >= 0.6 is 0 Å². The summed E-state index contributed by atoms with van der Waals surface area (Å²) in [6, 6.07) is 5.02. The molecule has 0 amide bonds. The molecule has 2 N–H and O–H groups in total. The Morgan fingerprint density at radius 2 is 2.27 bits per heavy atom. The summed E-state index contributed by atoms with van der Waals surface area (Å²) >= 11 is 0. The van der Waals surface area contributed by atoms with Gasteiger partial charge in [0, 0.05) is 23.9 Å². The summed E-state index contributed by atoms with van der Waals surface area (Å²) in [4.78, 5) is 3.38. The topological polar surface area (TPSA) is 27.8 Å². The second kappa shape index (κ2) is 4.01. The largest absolute Gasteiger partial charge is 0.365 e. The van der Waals surface area contributed by atoms with Gasteiger partial charge in [-0.2, -0.15) is 0 Å². The molecule has 0 aliphatic heterocycles. The molecule has 2 heteroatoms. The van der Waals surface area contributed by atoms with E-state index in [1.54, 1.807) is 0 Å². The van der Waals surface area contributed by atoms with Crippen LogP contribution in [0, 0.1) is 5.41 Å². The first kappa shape index (κ1) is 10.7. The molecule has 0 saturated heterocycles. The van der Waals surface area contributed by atoms with Gasteiger partial charge >= 0.3 is 0 Å². The van der Waals surface area contributed by atoms with Gasteiger partial charge in [0.25, 0.3) is 0 Å². The molecule has 0 radical (unpaired) electrons. The zero-order valence-electron chi connectivity index (χ0n) is 10.0. The van der Waals surface area contributed by atoms with Crippen LogP contribution in [-0.4, -0.2) is 18.1 Å². The molecule has 2 atom stereocenters. The van der Waals surface area contributed by atoms with Crippen molar-refractivity contribution in [3.63, 3.8) is 0 Å². The van der Waals surface area contributed by atoms with Crippen molar-refractivity contribution in [3.05, 3.63) is 24.0 Å². The van der Waals surface area contributed by atoms with Gasteiger partial charge in [-0.05, 0) is 43.9 Å². The van der Waals surface area contributed by atoms with Crippen LogP contribution in [0.4, 0.5) is 0 Å². The summed E-state index contributed by atoms with van der Waals surface area (Å²) in [6.07, 6.45) is 5.90. The van der Waals surface area contributed by atoms with Crippen LogP contribution in [0.25, 0.3) is 0 Å². The molecule has 15 heavy (non-hydrogen) atoms. The third-order valence-electron chi connectivity index (χ3n) is 4.01. The van der Waals surface area contributed by atoms with Crippen molar-refractivity contribution in [1.29, 1.82) is 0 Å². The molecule has 0 bridgehead atoms. The lowest BCUT2D eigenvalue weighted by Crippen LogP contribution is -2.38. The molecule has 2 rings (SSSR count). The third kappa shape index (κ3) is 2.10. The predicted octanol–water partition coefficient (Wildman–Crippen LogP) is 2.90. The average molecular weight is 206 g/mol. The molecule has 1 heterocycles. The van der Waals surface area contributed by atoms with E-state index in [1.165, 1.54) is 25.0 Å². The first-order valence-electron chi connectivity index (χ1n) is 5.94. The Bertz CT molecular complexity index is 300. The van der Waals surface area contributed by atoms with Crippen LogP contribution in [-0.2, 0) is 0 Å². The van der Waals surface area contributed by atoms with Gasteiger partial charge in [-0.15, -0.1) is 0 Å². The molecule has 0 spiro atoms. The number of rotatable bonds is 2. The molecule has 0 aromatic carbocycles. The monoisotopic (exact) mass is 206 g/mol. The molecule has 2 unspecified atom stereocenters. The van der Waals surface area contributed by atoms with Gasteiger partial charge < -0.3 is 10.3 Å². The number of aromatic nitrogens is 1. The fourth-order valence-corrected chi connectivity index (χ4v) is 2.81. The minimum Gasteiger partial charge on any atom is -0.365 e. The van der Waals surface area contributed by atoms with Crippen LogP contribution in [0.3, 0.4) is 0 Å². The first-order chi connectivity index (χ1) is 7.13. The van der Waals surface area contributed by atoms with Gasteiger partial charge in [0.1, 0.15) is 0 Å². The number of H-pyrrole nitrogens is 1. The van der Waals surface area contributed by atoms with E-state index in [0.29, 0.717) is 17.4 Å². The lowest BCUT2D eigenvalue weighted by Gasteiger charge is -2.41. The molecule has 1 aliphatic carbocycles. The zero-order valence-corrected chi connectivity index (χ0v) is 10.0. The third-order valence-corrected chi connectivity index (χ3v) is 4.01. The van der Waals surface area contributed by atoms with E-state index in [9.17, 15) is 0 Å². The van der Waals surface area contributed by atoms with Crippen LogP contribution < -0.4 is 5.32 Å². The van der Waals surface area contributed by atoms with Crippen LogP contribution in [0.1, 0.15) is 44.7 Å². The van der Waals surface area contributed by atoms with Gasteiger partial charge in [-0.3, -0.25) is 0 Å². The molecule has 84 valence electrons. The maximum atomic E-state index is 3.42. The summed E-state index contributed by atoms with van der Waals surface area (Å²) in [5, 5.41) is 3.42. The number of hydrogen-bond donors (Lipinski definition) is 2. The highest BCUT2D eigenvalue weighted by atomic mass is 14.9. The highest BCUT2D eigenvalue weighted by Crippen LogP contribution is 2.46. The van der Waals surface area contributed by atoms with Gasteiger partial charge in [0.05, 0.1) is 0 Å². The summed E-state index contributed by atoms with van der Waals surface area (Å²) in [6.45, 7) is 4.79. The molecular weight excluding hydrogens is 184 g/mol. The van der Waals surface area contributed by atoms with Crippen molar-refractivity contribution in [2.75, 3.05) is 7.05 Å². The molecule has 1 aromatic heterocycles. The average Bonchev–Trinajstić information content (AvgIpc) is 2.70. The van der Waals surface area contributed by atoms with E-state index in [1.807, 2.05) is 6.20 Å². The van der Waals surface area contributed by atoms with Crippen molar-refractivity contribution in [2.45, 2.75) is 45.1 Å². The van der Waals surface area contributed by atoms with Crippen LogP contribution in [0.2, 0.25) is 0 Å². The number of hydrogen-bond acceptors (Lipinski definition) is 1. The van der Waals surface area contributed by atoms with E-state index in [0.717, 1.165) is 0 Å².